The first-order chi connectivity index (χ1) is 8.77. The fraction of sp³-hybridized carbons (Fsp3) is 0.600. The number of hydrogen-bond donors (Lipinski definition) is 0. The van der Waals surface area contributed by atoms with Crippen molar-refractivity contribution < 1.29 is 4.74 Å². The maximum Gasteiger partial charge on any atom is 0.0641 e. The highest BCUT2D eigenvalue weighted by Gasteiger charge is 2.03. The van der Waals surface area contributed by atoms with E-state index in [4.69, 9.17) is 4.74 Å². The van der Waals surface area contributed by atoms with Gasteiger partial charge in [-0.2, -0.15) is 0 Å². The summed E-state index contributed by atoms with van der Waals surface area (Å²) in [5.41, 5.74) is 2.60. The lowest BCUT2D eigenvalue weighted by atomic mass is 10.2. The zero-order valence-electron chi connectivity index (χ0n) is 11.5. The van der Waals surface area contributed by atoms with Crippen LogP contribution in [0, 0.1) is 6.92 Å². The highest BCUT2D eigenvalue weighted by atomic mass is 79.9. The van der Waals surface area contributed by atoms with E-state index >= 15 is 0 Å². The molecule has 0 atom stereocenters. The second kappa shape index (κ2) is 9.40. The average Bonchev–Trinajstić information content (AvgIpc) is 2.38. The number of likely N-dealkylation sites (N-methyl/N-ethyl adjacent to an activating group) is 1. The van der Waals surface area contributed by atoms with Crippen molar-refractivity contribution in [1.82, 2.24) is 0 Å². The molecule has 0 aliphatic rings. The Morgan fingerprint density at radius 2 is 2.06 bits per heavy atom. The average molecular weight is 314 g/mol. The van der Waals surface area contributed by atoms with E-state index in [1.165, 1.54) is 17.7 Å². The van der Waals surface area contributed by atoms with Crippen molar-refractivity contribution in [2.75, 3.05) is 36.5 Å². The van der Waals surface area contributed by atoms with Gasteiger partial charge in [-0.3, -0.25) is 0 Å². The summed E-state index contributed by atoms with van der Waals surface area (Å²) in [6.45, 7) is 7.99. The molecular formula is C15H24BrNO. The maximum absolute atomic E-state index is 5.66. The Morgan fingerprint density at radius 1 is 1.22 bits per heavy atom. The minimum absolute atomic E-state index is 0.810. The first kappa shape index (κ1) is 15.5. The van der Waals surface area contributed by atoms with Crippen molar-refractivity contribution in [2.45, 2.75) is 26.7 Å². The predicted molar refractivity (Wildman–Crippen MR) is 82.9 cm³/mol. The number of unbranched alkanes of at least 4 members (excludes halogenated alkanes) is 1. The molecule has 0 aliphatic heterocycles. The number of benzene rings is 1. The highest BCUT2D eigenvalue weighted by Crippen LogP contribution is 2.15. The van der Waals surface area contributed by atoms with Gasteiger partial charge in [-0.15, -0.1) is 0 Å². The molecular weight excluding hydrogens is 290 g/mol. The Hall–Kier alpha value is -0.540. The molecule has 0 aromatic heterocycles. The zero-order chi connectivity index (χ0) is 13.2. The molecule has 0 amide bonds. The molecule has 0 spiro atoms. The van der Waals surface area contributed by atoms with E-state index < -0.39 is 0 Å². The summed E-state index contributed by atoms with van der Waals surface area (Å²) in [6, 6.07) is 8.65. The lowest BCUT2D eigenvalue weighted by Gasteiger charge is -2.23. The normalized spacial score (nSPS) is 10.6. The van der Waals surface area contributed by atoms with Crippen molar-refractivity contribution >= 4 is 21.6 Å². The molecule has 0 fully saturated rings. The van der Waals surface area contributed by atoms with Crippen molar-refractivity contribution in [2.24, 2.45) is 0 Å². The number of aryl methyl sites for hydroxylation is 1. The quantitative estimate of drug-likeness (QED) is 0.504. The van der Waals surface area contributed by atoms with E-state index in [1.807, 2.05) is 0 Å². The standard InChI is InChI=1S/C15H24BrNO/c1-3-17(10-12-18-11-5-4-9-16)15-8-6-7-14(2)13-15/h6-8,13H,3-5,9-12H2,1-2H3. The summed E-state index contributed by atoms with van der Waals surface area (Å²) in [7, 11) is 0. The van der Waals surface area contributed by atoms with Crippen LogP contribution in [0.5, 0.6) is 0 Å². The number of hydrogen-bond acceptors (Lipinski definition) is 2. The third-order valence-corrected chi connectivity index (χ3v) is 3.49. The SMILES string of the molecule is CCN(CCOCCCCBr)c1cccc(C)c1. The molecule has 0 bridgehead atoms. The van der Waals surface area contributed by atoms with Crippen molar-refractivity contribution in [3.05, 3.63) is 29.8 Å². The van der Waals surface area contributed by atoms with Crippen molar-refractivity contribution in [1.29, 1.82) is 0 Å². The van der Waals surface area contributed by atoms with Crippen LogP contribution in [0.25, 0.3) is 0 Å². The smallest absolute Gasteiger partial charge is 0.0641 e. The molecule has 0 radical (unpaired) electrons. The van der Waals surface area contributed by atoms with Gasteiger partial charge in [0, 0.05) is 30.7 Å². The van der Waals surface area contributed by atoms with Crippen LogP contribution in [0.15, 0.2) is 24.3 Å². The largest absolute Gasteiger partial charge is 0.380 e. The maximum atomic E-state index is 5.66. The number of alkyl halides is 1. The second-order valence-electron chi connectivity index (χ2n) is 4.43. The summed E-state index contributed by atoms with van der Waals surface area (Å²) in [6.07, 6.45) is 2.33. The highest BCUT2D eigenvalue weighted by molar-refractivity contribution is 9.09. The fourth-order valence-electron chi connectivity index (χ4n) is 1.87. The van der Waals surface area contributed by atoms with E-state index in [0.717, 1.165) is 38.1 Å². The lowest BCUT2D eigenvalue weighted by molar-refractivity contribution is 0.137. The van der Waals surface area contributed by atoms with Crippen LogP contribution in [-0.2, 0) is 4.74 Å². The predicted octanol–water partition coefficient (Wildman–Crippen LogP) is 4.01. The molecule has 0 heterocycles. The molecule has 18 heavy (non-hydrogen) atoms. The second-order valence-corrected chi connectivity index (χ2v) is 5.22. The Morgan fingerprint density at radius 3 is 2.72 bits per heavy atom. The van der Waals surface area contributed by atoms with Crippen LogP contribution in [0.4, 0.5) is 5.69 Å². The third-order valence-electron chi connectivity index (χ3n) is 2.93. The molecule has 1 rings (SSSR count). The number of nitrogens with zero attached hydrogens (tertiary/aromatic N) is 1. The van der Waals surface area contributed by atoms with Gasteiger partial charge in [0.25, 0.3) is 0 Å². The first-order valence-electron chi connectivity index (χ1n) is 6.73. The van der Waals surface area contributed by atoms with Crippen LogP contribution >= 0.6 is 15.9 Å². The Labute approximate surface area is 119 Å². The molecule has 0 aliphatic carbocycles. The Bertz CT molecular complexity index is 330. The van der Waals surface area contributed by atoms with Crippen LogP contribution in [-0.4, -0.2) is 31.6 Å². The van der Waals surface area contributed by atoms with E-state index in [0.29, 0.717) is 0 Å². The van der Waals surface area contributed by atoms with Crippen LogP contribution in [0.1, 0.15) is 25.3 Å². The van der Waals surface area contributed by atoms with E-state index in [1.54, 1.807) is 0 Å². The molecule has 0 N–H and O–H groups in total. The van der Waals surface area contributed by atoms with Gasteiger partial charge in [-0.1, -0.05) is 28.1 Å². The summed E-state index contributed by atoms with van der Waals surface area (Å²) >= 11 is 3.43. The zero-order valence-corrected chi connectivity index (χ0v) is 13.1. The van der Waals surface area contributed by atoms with Gasteiger partial charge in [0.1, 0.15) is 0 Å². The fourth-order valence-corrected chi connectivity index (χ4v) is 2.27. The van der Waals surface area contributed by atoms with Gasteiger partial charge in [0.05, 0.1) is 6.61 Å². The molecule has 102 valence electrons. The van der Waals surface area contributed by atoms with E-state index in [9.17, 15) is 0 Å². The van der Waals surface area contributed by atoms with Crippen molar-refractivity contribution in [3.63, 3.8) is 0 Å². The monoisotopic (exact) mass is 313 g/mol. The van der Waals surface area contributed by atoms with Gasteiger partial charge in [-0.25, -0.2) is 0 Å². The third kappa shape index (κ3) is 5.87. The van der Waals surface area contributed by atoms with E-state index in [2.05, 4.69) is 58.9 Å². The van der Waals surface area contributed by atoms with Gasteiger partial charge in [-0.05, 0) is 44.4 Å². The number of anilines is 1. The van der Waals surface area contributed by atoms with Crippen LogP contribution in [0.3, 0.4) is 0 Å². The summed E-state index contributed by atoms with van der Waals surface area (Å²) in [5, 5.41) is 1.07. The molecule has 3 heteroatoms. The molecule has 0 unspecified atom stereocenters. The lowest BCUT2D eigenvalue weighted by Crippen LogP contribution is -2.27. The molecule has 2 nitrogen and oxygen atoms in total. The Balaban J connectivity index is 2.29. The van der Waals surface area contributed by atoms with E-state index in [-0.39, 0.29) is 0 Å². The molecule has 1 aromatic rings. The van der Waals surface area contributed by atoms with Crippen LogP contribution in [0.2, 0.25) is 0 Å². The number of rotatable bonds is 9. The summed E-state index contributed by atoms with van der Waals surface area (Å²) in [4.78, 5) is 2.36. The number of halogens is 1. The molecule has 0 saturated carbocycles. The topological polar surface area (TPSA) is 12.5 Å². The van der Waals surface area contributed by atoms with Crippen molar-refractivity contribution in [3.8, 4) is 0 Å². The summed E-state index contributed by atoms with van der Waals surface area (Å²) < 4.78 is 5.66. The summed E-state index contributed by atoms with van der Waals surface area (Å²) in [5.74, 6) is 0. The number of ether oxygens (including phenoxy) is 1. The Kier molecular flexibility index (Phi) is 8.10. The van der Waals surface area contributed by atoms with Gasteiger partial charge in [0.15, 0.2) is 0 Å². The van der Waals surface area contributed by atoms with Crippen LogP contribution < -0.4 is 4.90 Å². The van der Waals surface area contributed by atoms with Gasteiger partial charge in [0.2, 0.25) is 0 Å². The van der Waals surface area contributed by atoms with Gasteiger partial charge >= 0.3 is 0 Å². The molecule has 1 aromatic carbocycles. The minimum Gasteiger partial charge on any atom is -0.380 e. The van der Waals surface area contributed by atoms with Gasteiger partial charge < -0.3 is 9.64 Å². The first-order valence-corrected chi connectivity index (χ1v) is 7.85. The minimum atomic E-state index is 0.810. The molecule has 0 saturated heterocycles.